The molecule has 1 fully saturated rings. The first kappa shape index (κ1) is 26.9. The molecule has 9 nitrogen and oxygen atoms in total. The van der Waals surface area contributed by atoms with Gasteiger partial charge in [0.25, 0.3) is 0 Å². The van der Waals surface area contributed by atoms with Crippen LogP contribution < -0.4 is 16.4 Å². The van der Waals surface area contributed by atoms with Crippen molar-refractivity contribution in [1.29, 1.82) is 0 Å². The van der Waals surface area contributed by atoms with Crippen LogP contribution in [0.2, 0.25) is 0 Å². The number of hydrogen-bond acceptors (Lipinski definition) is 5. The number of rotatable bonds is 11. The predicted molar refractivity (Wildman–Crippen MR) is 118 cm³/mol. The molecule has 0 aromatic heterocycles. The second-order valence-electron chi connectivity index (χ2n) is 9.36. The zero-order valence-electron chi connectivity index (χ0n) is 19.7. The monoisotopic (exact) mass is 440 g/mol. The highest BCUT2D eigenvalue weighted by molar-refractivity contribution is 5.94. The van der Waals surface area contributed by atoms with Gasteiger partial charge in [-0.2, -0.15) is 0 Å². The van der Waals surface area contributed by atoms with Crippen LogP contribution >= 0.6 is 0 Å². The van der Waals surface area contributed by atoms with Gasteiger partial charge in [-0.1, -0.05) is 48.0 Å². The van der Waals surface area contributed by atoms with E-state index in [9.17, 15) is 24.3 Å². The van der Waals surface area contributed by atoms with Gasteiger partial charge in [0.05, 0.1) is 6.04 Å². The van der Waals surface area contributed by atoms with Crippen LogP contribution in [0.1, 0.15) is 67.2 Å². The standard InChI is InChI=1S/C22H40N4O5/c1-7-14(6)18(25-19(27)17(23)13(4)5)20(28)24-15(11-12(2)3)21(29)26-10-8-9-16(26)22(30)31/h12-18H,7-11,23H2,1-6H3,(H,24,28)(H,25,27)(H,30,31). The van der Waals surface area contributed by atoms with E-state index in [2.05, 4.69) is 10.6 Å². The van der Waals surface area contributed by atoms with Crippen molar-refractivity contribution >= 4 is 23.7 Å². The van der Waals surface area contributed by atoms with Gasteiger partial charge in [0.15, 0.2) is 0 Å². The molecule has 3 amide bonds. The van der Waals surface area contributed by atoms with E-state index in [0.29, 0.717) is 32.2 Å². The van der Waals surface area contributed by atoms with Crippen molar-refractivity contribution in [1.82, 2.24) is 15.5 Å². The van der Waals surface area contributed by atoms with Gasteiger partial charge < -0.3 is 26.4 Å². The van der Waals surface area contributed by atoms with Crippen LogP contribution in [0, 0.1) is 17.8 Å². The SMILES string of the molecule is CCC(C)C(NC(=O)C(N)C(C)C)C(=O)NC(CC(C)C)C(=O)N1CCCC1C(=O)O. The summed E-state index contributed by atoms with van der Waals surface area (Å²) >= 11 is 0. The van der Waals surface area contributed by atoms with Crippen molar-refractivity contribution < 1.29 is 24.3 Å². The molecule has 5 unspecified atom stereocenters. The molecular weight excluding hydrogens is 400 g/mol. The minimum atomic E-state index is -1.03. The molecule has 1 aliphatic rings. The Labute approximate surface area is 185 Å². The topological polar surface area (TPSA) is 142 Å². The maximum atomic E-state index is 13.2. The Balaban J connectivity index is 3.04. The summed E-state index contributed by atoms with van der Waals surface area (Å²) in [5.74, 6) is -2.44. The normalized spacial score (nSPS) is 20.3. The minimum absolute atomic E-state index is 0.0842. The Morgan fingerprint density at radius 3 is 2.16 bits per heavy atom. The second-order valence-corrected chi connectivity index (χ2v) is 9.36. The summed E-state index contributed by atoms with van der Waals surface area (Å²) < 4.78 is 0. The first-order valence-electron chi connectivity index (χ1n) is 11.3. The van der Waals surface area contributed by atoms with Gasteiger partial charge in [-0.05, 0) is 37.0 Å². The maximum absolute atomic E-state index is 13.2. The summed E-state index contributed by atoms with van der Waals surface area (Å²) in [6, 6.07) is -3.30. The van der Waals surface area contributed by atoms with Crippen molar-refractivity contribution in [2.75, 3.05) is 6.54 Å². The molecule has 0 saturated carbocycles. The van der Waals surface area contributed by atoms with Crippen LogP contribution in [0.5, 0.6) is 0 Å². The fourth-order valence-electron chi connectivity index (χ4n) is 3.70. The first-order valence-corrected chi connectivity index (χ1v) is 11.3. The third-order valence-electron chi connectivity index (χ3n) is 5.96. The fraction of sp³-hybridized carbons (Fsp3) is 0.818. The van der Waals surface area contributed by atoms with Crippen LogP contribution in [0.25, 0.3) is 0 Å². The number of carbonyl (C=O) groups excluding carboxylic acids is 3. The van der Waals surface area contributed by atoms with E-state index in [1.54, 1.807) is 0 Å². The number of carbonyl (C=O) groups is 4. The third kappa shape index (κ3) is 7.48. The lowest BCUT2D eigenvalue weighted by Gasteiger charge is -2.31. The number of carboxylic acid groups (broad SMARTS) is 1. The van der Waals surface area contributed by atoms with Gasteiger partial charge in [0, 0.05) is 6.54 Å². The Hall–Kier alpha value is -2.16. The van der Waals surface area contributed by atoms with Crippen LogP contribution in [-0.4, -0.2) is 64.4 Å². The van der Waals surface area contributed by atoms with Gasteiger partial charge >= 0.3 is 5.97 Å². The first-order chi connectivity index (χ1) is 14.4. The minimum Gasteiger partial charge on any atom is -0.480 e. The van der Waals surface area contributed by atoms with Crippen molar-refractivity contribution in [3.63, 3.8) is 0 Å². The summed E-state index contributed by atoms with van der Waals surface area (Å²) in [7, 11) is 0. The second kappa shape index (κ2) is 12.0. The van der Waals surface area contributed by atoms with Gasteiger partial charge in [-0.15, -0.1) is 0 Å². The summed E-state index contributed by atoms with van der Waals surface area (Å²) in [6.45, 7) is 11.6. The average Bonchev–Trinajstić information content (AvgIpc) is 3.19. The molecule has 5 atom stereocenters. The lowest BCUT2D eigenvalue weighted by molar-refractivity contribution is -0.149. The molecule has 1 heterocycles. The quantitative estimate of drug-likeness (QED) is 0.379. The zero-order valence-corrected chi connectivity index (χ0v) is 19.7. The molecule has 0 aliphatic carbocycles. The number of carboxylic acids is 1. The van der Waals surface area contributed by atoms with Crippen molar-refractivity contribution in [2.45, 2.75) is 91.4 Å². The number of likely N-dealkylation sites (tertiary alicyclic amines) is 1. The van der Waals surface area contributed by atoms with E-state index in [-0.39, 0.29) is 23.7 Å². The molecule has 0 radical (unpaired) electrons. The van der Waals surface area contributed by atoms with E-state index in [0.717, 1.165) is 0 Å². The molecule has 9 heteroatoms. The highest BCUT2D eigenvalue weighted by Crippen LogP contribution is 2.21. The molecule has 1 saturated heterocycles. The van der Waals surface area contributed by atoms with Crippen molar-refractivity contribution in [3.05, 3.63) is 0 Å². The molecule has 0 spiro atoms. The number of nitrogens with zero attached hydrogens (tertiary/aromatic N) is 1. The van der Waals surface area contributed by atoms with Crippen molar-refractivity contribution in [3.8, 4) is 0 Å². The van der Waals surface area contributed by atoms with Gasteiger partial charge in [-0.3, -0.25) is 14.4 Å². The summed E-state index contributed by atoms with van der Waals surface area (Å²) in [6.07, 6.45) is 2.04. The lowest BCUT2D eigenvalue weighted by atomic mass is 9.95. The number of nitrogens with one attached hydrogen (secondary N) is 2. The summed E-state index contributed by atoms with van der Waals surface area (Å²) in [4.78, 5) is 51.7. The molecular formula is C22H40N4O5. The molecule has 178 valence electrons. The number of nitrogens with two attached hydrogens (primary N) is 1. The summed E-state index contributed by atoms with van der Waals surface area (Å²) in [5, 5.41) is 15.0. The molecule has 1 rings (SSSR count). The smallest absolute Gasteiger partial charge is 0.326 e. The van der Waals surface area contributed by atoms with Crippen LogP contribution in [0.3, 0.4) is 0 Å². The van der Waals surface area contributed by atoms with E-state index in [4.69, 9.17) is 5.73 Å². The van der Waals surface area contributed by atoms with Gasteiger partial charge in [-0.25, -0.2) is 4.79 Å². The highest BCUT2D eigenvalue weighted by atomic mass is 16.4. The molecule has 5 N–H and O–H groups in total. The molecule has 0 aromatic rings. The number of amides is 3. The molecule has 0 bridgehead atoms. The van der Waals surface area contributed by atoms with Crippen LogP contribution in [0.4, 0.5) is 0 Å². The van der Waals surface area contributed by atoms with E-state index in [1.165, 1.54) is 4.90 Å². The Bertz CT molecular complexity index is 652. The average molecular weight is 441 g/mol. The van der Waals surface area contributed by atoms with E-state index in [1.807, 2.05) is 41.5 Å². The fourth-order valence-corrected chi connectivity index (χ4v) is 3.70. The number of hydrogen-bond donors (Lipinski definition) is 4. The third-order valence-corrected chi connectivity index (χ3v) is 5.96. The molecule has 31 heavy (non-hydrogen) atoms. The van der Waals surface area contributed by atoms with E-state index >= 15 is 0 Å². The van der Waals surface area contributed by atoms with Crippen molar-refractivity contribution in [2.24, 2.45) is 23.5 Å². The highest BCUT2D eigenvalue weighted by Gasteiger charge is 2.39. The van der Waals surface area contributed by atoms with Crippen LogP contribution in [0.15, 0.2) is 0 Å². The Kier molecular flexibility index (Phi) is 10.4. The van der Waals surface area contributed by atoms with Crippen LogP contribution in [-0.2, 0) is 19.2 Å². The van der Waals surface area contributed by atoms with Gasteiger partial charge in [0.2, 0.25) is 17.7 Å². The molecule has 1 aliphatic heterocycles. The Morgan fingerprint density at radius 1 is 1.06 bits per heavy atom. The zero-order chi connectivity index (χ0) is 23.9. The predicted octanol–water partition coefficient (Wildman–Crippen LogP) is 1.11. The maximum Gasteiger partial charge on any atom is 0.326 e. The molecule has 0 aromatic carbocycles. The summed E-state index contributed by atoms with van der Waals surface area (Å²) in [5.41, 5.74) is 5.93. The lowest BCUT2D eigenvalue weighted by Crippen LogP contribution is -2.59. The largest absolute Gasteiger partial charge is 0.480 e. The number of aliphatic carboxylic acids is 1. The van der Waals surface area contributed by atoms with E-state index < -0.39 is 42.0 Å². The Morgan fingerprint density at radius 2 is 1.68 bits per heavy atom. The van der Waals surface area contributed by atoms with Gasteiger partial charge in [0.1, 0.15) is 18.1 Å².